The number of thioether (sulfide) groups is 1. The van der Waals surface area contributed by atoms with Gasteiger partial charge in [0.15, 0.2) is 16.7 Å². The number of aromatic hydroxyl groups is 1. The quantitative estimate of drug-likeness (QED) is 0.670. The zero-order valence-electron chi connectivity index (χ0n) is 16.9. The van der Waals surface area contributed by atoms with Gasteiger partial charge >= 0.3 is 0 Å². The Labute approximate surface area is 183 Å². The first-order chi connectivity index (χ1) is 14.8. The zero-order chi connectivity index (χ0) is 22.2. The van der Waals surface area contributed by atoms with Crippen LogP contribution in [0.1, 0.15) is 5.56 Å². The molecule has 0 radical (unpaired) electrons. The Bertz CT molecular complexity index is 1180. The van der Waals surface area contributed by atoms with Crippen molar-refractivity contribution in [1.29, 1.82) is 0 Å². The average Bonchev–Trinajstić information content (AvgIpc) is 3.35. The molecule has 1 aromatic heterocycles. The third kappa shape index (κ3) is 4.31. The van der Waals surface area contributed by atoms with Crippen molar-refractivity contribution in [1.82, 2.24) is 19.0 Å². The Balaban J connectivity index is 1.41. The minimum absolute atomic E-state index is 0.0145. The number of rotatable bonds is 4. The molecule has 2 aliphatic heterocycles. The van der Waals surface area contributed by atoms with Crippen molar-refractivity contribution >= 4 is 38.9 Å². The molecule has 2 aliphatic rings. The van der Waals surface area contributed by atoms with E-state index >= 15 is 0 Å². The van der Waals surface area contributed by atoms with Crippen LogP contribution in [0.3, 0.4) is 0 Å². The number of aliphatic imine (C=N–C) groups is 1. The molecule has 0 unspecified atom stereocenters. The summed E-state index contributed by atoms with van der Waals surface area (Å²) in [7, 11) is -0.464. The number of aromatic nitrogens is 2. The van der Waals surface area contributed by atoms with Crippen LogP contribution in [-0.4, -0.2) is 76.9 Å². The van der Waals surface area contributed by atoms with E-state index in [9.17, 15) is 18.3 Å². The fourth-order valence-electron chi connectivity index (χ4n) is 3.28. The van der Waals surface area contributed by atoms with Gasteiger partial charge in [0.25, 0.3) is 5.91 Å². The zero-order valence-corrected chi connectivity index (χ0v) is 18.6. The van der Waals surface area contributed by atoms with Crippen LogP contribution >= 0.6 is 11.8 Å². The van der Waals surface area contributed by atoms with Crippen LogP contribution in [0, 0.1) is 0 Å². The van der Waals surface area contributed by atoms with Crippen LogP contribution in [0.25, 0.3) is 6.08 Å². The lowest BCUT2D eigenvalue weighted by Crippen LogP contribution is -2.49. The molecule has 164 valence electrons. The van der Waals surface area contributed by atoms with Crippen molar-refractivity contribution in [3.8, 4) is 11.5 Å². The van der Waals surface area contributed by atoms with Crippen molar-refractivity contribution < 1.29 is 23.1 Å². The topological polar surface area (TPSA) is 117 Å². The van der Waals surface area contributed by atoms with Gasteiger partial charge in [-0.25, -0.2) is 8.42 Å². The lowest BCUT2D eigenvalue weighted by Gasteiger charge is -2.34. The molecule has 0 bridgehead atoms. The standard InChI is InChI=1S/C19H21N5O5S2/c1-22-12-14(11-20-22)31(27,28)24-7-5-23(6-8-24)19-21-18(26)17(30-19)10-13-3-4-16(29-2)15(25)9-13/h3-4,9-12,25H,5-8H2,1-2H3/b17-10-. The molecule has 0 spiro atoms. The number of ether oxygens (including phenoxy) is 1. The predicted molar refractivity (Wildman–Crippen MR) is 116 cm³/mol. The Kier molecular flexibility index (Phi) is 5.77. The van der Waals surface area contributed by atoms with Crippen LogP contribution in [0.2, 0.25) is 0 Å². The molecule has 3 heterocycles. The molecule has 0 atom stereocenters. The van der Waals surface area contributed by atoms with Crippen molar-refractivity contribution in [3.05, 3.63) is 41.1 Å². The summed E-state index contributed by atoms with van der Waals surface area (Å²) in [6, 6.07) is 4.87. The third-order valence-electron chi connectivity index (χ3n) is 4.94. The van der Waals surface area contributed by atoms with Gasteiger partial charge in [0.2, 0.25) is 10.0 Å². The predicted octanol–water partition coefficient (Wildman–Crippen LogP) is 1.11. The summed E-state index contributed by atoms with van der Waals surface area (Å²) in [5.41, 5.74) is 0.651. The van der Waals surface area contributed by atoms with Gasteiger partial charge < -0.3 is 14.7 Å². The number of phenolic OH excluding ortho intramolecular Hbond substituents is 1. The van der Waals surface area contributed by atoms with Gasteiger partial charge in [0, 0.05) is 39.4 Å². The number of amidine groups is 1. The van der Waals surface area contributed by atoms with Crippen molar-refractivity contribution in [2.45, 2.75) is 4.90 Å². The van der Waals surface area contributed by atoms with Crippen LogP contribution in [-0.2, 0) is 21.9 Å². The number of nitrogens with zero attached hydrogens (tertiary/aromatic N) is 5. The molecular weight excluding hydrogens is 442 g/mol. The molecule has 0 aliphatic carbocycles. The minimum atomic E-state index is -3.60. The number of hydrogen-bond acceptors (Lipinski definition) is 8. The Morgan fingerprint density at radius 3 is 2.58 bits per heavy atom. The van der Waals surface area contributed by atoms with Gasteiger partial charge in [0.05, 0.1) is 18.2 Å². The summed E-state index contributed by atoms with van der Waals surface area (Å²) in [6.45, 7) is 1.43. The third-order valence-corrected chi connectivity index (χ3v) is 7.83. The highest BCUT2D eigenvalue weighted by Gasteiger charge is 2.33. The first-order valence-corrected chi connectivity index (χ1v) is 11.7. The lowest BCUT2D eigenvalue weighted by atomic mass is 10.2. The second kappa shape index (κ2) is 8.36. The molecule has 0 saturated carbocycles. The van der Waals surface area contributed by atoms with E-state index < -0.39 is 10.0 Å². The maximum Gasteiger partial charge on any atom is 0.286 e. The highest BCUT2D eigenvalue weighted by molar-refractivity contribution is 8.18. The van der Waals surface area contributed by atoms with Gasteiger partial charge in [-0.1, -0.05) is 6.07 Å². The lowest BCUT2D eigenvalue weighted by molar-refractivity contribution is -0.113. The van der Waals surface area contributed by atoms with Gasteiger partial charge in [-0.15, -0.1) is 0 Å². The number of amides is 1. The number of piperazine rings is 1. The molecule has 31 heavy (non-hydrogen) atoms. The first-order valence-electron chi connectivity index (χ1n) is 9.41. The van der Waals surface area contributed by atoms with Gasteiger partial charge in [0.1, 0.15) is 4.90 Å². The maximum atomic E-state index is 12.7. The summed E-state index contributed by atoms with van der Waals surface area (Å²) < 4.78 is 33.4. The molecule has 10 nitrogen and oxygen atoms in total. The van der Waals surface area contributed by atoms with Crippen molar-refractivity contribution in [2.24, 2.45) is 12.0 Å². The number of sulfonamides is 1. The Hall–Kier alpha value is -2.83. The second-order valence-electron chi connectivity index (χ2n) is 6.98. The van der Waals surface area contributed by atoms with Crippen LogP contribution < -0.4 is 4.74 Å². The number of carbonyl (C=O) groups is 1. The number of aryl methyl sites for hydroxylation is 1. The minimum Gasteiger partial charge on any atom is -0.504 e. The largest absolute Gasteiger partial charge is 0.504 e. The highest BCUT2D eigenvalue weighted by Crippen LogP contribution is 2.33. The molecule has 1 N–H and O–H groups in total. The molecule has 2 aromatic rings. The highest BCUT2D eigenvalue weighted by atomic mass is 32.2. The Morgan fingerprint density at radius 2 is 1.97 bits per heavy atom. The average molecular weight is 464 g/mol. The SMILES string of the molecule is COc1ccc(/C=C2\SC(N3CCN(S(=O)(=O)c4cnn(C)c4)CC3)=NC2=O)cc1O. The second-order valence-corrected chi connectivity index (χ2v) is 9.93. The monoisotopic (exact) mass is 463 g/mol. The maximum absolute atomic E-state index is 12.7. The van der Waals surface area contributed by atoms with E-state index in [1.165, 1.54) is 46.3 Å². The van der Waals surface area contributed by atoms with Crippen LogP contribution in [0.5, 0.6) is 11.5 Å². The van der Waals surface area contributed by atoms with Crippen molar-refractivity contribution in [3.63, 3.8) is 0 Å². The first kappa shape index (κ1) is 21.4. The summed E-state index contributed by atoms with van der Waals surface area (Å²) in [5.74, 6) is -0.0244. The smallest absolute Gasteiger partial charge is 0.286 e. The summed E-state index contributed by atoms with van der Waals surface area (Å²) in [5, 5.41) is 14.4. The molecule has 1 amide bonds. The normalized spacial score (nSPS) is 19.2. The number of carbonyl (C=O) groups excluding carboxylic acids is 1. The molecule has 1 saturated heterocycles. The number of benzene rings is 1. The Morgan fingerprint density at radius 1 is 1.23 bits per heavy atom. The number of phenols is 1. The summed E-state index contributed by atoms with van der Waals surface area (Å²) in [4.78, 5) is 19.0. The van der Waals surface area contributed by atoms with Gasteiger partial charge in [-0.3, -0.25) is 9.48 Å². The number of hydrogen-bond donors (Lipinski definition) is 1. The molecule has 12 heteroatoms. The van der Waals surface area contributed by atoms with Crippen molar-refractivity contribution in [2.75, 3.05) is 33.3 Å². The fraction of sp³-hybridized carbons (Fsp3) is 0.316. The van der Waals surface area contributed by atoms with E-state index in [-0.39, 0.29) is 29.6 Å². The number of methoxy groups -OCH3 is 1. The van der Waals surface area contributed by atoms with E-state index in [0.29, 0.717) is 34.5 Å². The van der Waals surface area contributed by atoms with E-state index in [4.69, 9.17) is 4.74 Å². The van der Waals surface area contributed by atoms with Gasteiger partial charge in [-0.2, -0.15) is 14.4 Å². The summed E-state index contributed by atoms with van der Waals surface area (Å²) >= 11 is 1.24. The summed E-state index contributed by atoms with van der Waals surface area (Å²) in [6.07, 6.45) is 4.47. The molecule has 4 rings (SSSR count). The molecule has 1 aromatic carbocycles. The molecule has 1 fully saturated rings. The van der Waals surface area contributed by atoms with E-state index in [1.54, 1.807) is 25.3 Å². The van der Waals surface area contributed by atoms with E-state index in [2.05, 4.69) is 10.1 Å². The van der Waals surface area contributed by atoms with Gasteiger partial charge in [-0.05, 0) is 35.5 Å². The van der Waals surface area contributed by atoms with Crippen LogP contribution in [0.4, 0.5) is 0 Å². The van der Waals surface area contributed by atoms with Crippen LogP contribution in [0.15, 0.2) is 45.4 Å². The van der Waals surface area contributed by atoms with E-state index in [1.807, 2.05) is 4.90 Å². The molecular formula is C19H21N5O5S2. The fourth-order valence-corrected chi connectivity index (χ4v) is 5.66. The van der Waals surface area contributed by atoms with E-state index in [0.717, 1.165) is 0 Å².